The summed E-state index contributed by atoms with van der Waals surface area (Å²) < 4.78 is 27.9. The zero-order valence-corrected chi connectivity index (χ0v) is 21.3. The van der Waals surface area contributed by atoms with Crippen molar-refractivity contribution in [1.82, 2.24) is 0 Å². The number of carbonyl (C=O) groups excluding carboxylic acids is 2. The summed E-state index contributed by atoms with van der Waals surface area (Å²) in [5.41, 5.74) is 2.00. The van der Waals surface area contributed by atoms with Crippen molar-refractivity contribution in [2.75, 3.05) is 10.0 Å². The van der Waals surface area contributed by atoms with Crippen LogP contribution in [0.25, 0.3) is 0 Å². The van der Waals surface area contributed by atoms with Crippen molar-refractivity contribution in [1.29, 1.82) is 0 Å². The zero-order valence-electron chi connectivity index (χ0n) is 19.0. The van der Waals surface area contributed by atoms with Gasteiger partial charge in [0.05, 0.1) is 15.6 Å². The van der Waals surface area contributed by atoms with E-state index in [0.29, 0.717) is 5.02 Å². The standard InChI is InChI=1S/C27H20Cl2N2O4S/c1-17-9-12-21(13-10-17)36(34,35)31-20-6-4-5-18(15-20)27(33)30-25-14-11-19(28)16-23(25)26(32)22-7-2-3-8-24(22)29/h2-16,31H,1H3,(H,30,33). The molecule has 0 aliphatic rings. The number of aryl methyl sites for hydroxylation is 1. The third kappa shape index (κ3) is 5.76. The molecule has 1 amide bonds. The first-order chi connectivity index (χ1) is 17.1. The predicted molar refractivity (Wildman–Crippen MR) is 143 cm³/mol. The van der Waals surface area contributed by atoms with Crippen LogP contribution in [0.15, 0.2) is 95.9 Å². The van der Waals surface area contributed by atoms with Crippen molar-refractivity contribution >= 4 is 56.3 Å². The number of amides is 1. The molecule has 0 spiro atoms. The molecule has 0 fully saturated rings. The molecule has 36 heavy (non-hydrogen) atoms. The fraction of sp³-hybridized carbons (Fsp3) is 0.0370. The van der Waals surface area contributed by atoms with E-state index in [0.717, 1.165) is 5.56 Å². The van der Waals surface area contributed by atoms with Gasteiger partial charge in [0.25, 0.3) is 15.9 Å². The summed E-state index contributed by atoms with van der Waals surface area (Å²) in [6, 6.07) is 23.5. The van der Waals surface area contributed by atoms with Gasteiger partial charge in [-0.1, -0.05) is 59.1 Å². The lowest BCUT2D eigenvalue weighted by Gasteiger charge is -2.13. The maximum absolute atomic E-state index is 13.2. The Balaban J connectivity index is 1.59. The molecule has 0 aliphatic heterocycles. The summed E-state index contributed by atoms with van der Waals surface area (Å²) in [7, 11) is -3.84. The smallest absolute Gasteiger partial charge is 0.261 e. The minimum atomic E-state index is -3.84. The lowest BCUT2D eigenvalue weighted by Crippen LogP contribution is -2.17. The van der Waals surface area contributed by atoms with Crippen molar-refractivity contribution in [3.05, 3.63) is 123 Å². The average Bonchev–Trinajstić information content (AvgIpc) is 2.85. The van der Waals surface area contributed by atoms with Crippen LogP contribution in [0.1, 0.15) is 31.8 Å². The fourth-order valence-corrected chi connectivity index (χ4v) is 4.90. The van der Waals surface area contributed by atoms with Gasteiger partial charge in [0.1, 0.15) is 0 Å². The van der Waals surface area contributed by atoms with Crippen LogP contribution in [0.5, 0.6) is 0 Å². The number of hydrogen-bond acceptors (Lipinski definition) is 4. The van der Waals surface area contributed by atoms with E-state index >= 15 is 0 Å². The minimum absolute atomic E-state index is 0.104. The van der Waals surface area contributed by atoms with E-state index < -0.39 is 21.7 Å². The normalized spacial score (nSPS) is 11.1. The summed E-state index contributed by atoms with van der Waals surface area (Å²) in [6.07, 6.45) is 0. The zero-order chi connectivity index (χ0) is 25.9. The second-order valence-electron chi connectivity index (χ2n) is 7.95. The number of anilines is 2. The first kappa shape index (κ1) is 25.4. The molecule has 0 bridgehead atoms. The Morgan fingerprint density at radius 1 is 0.778 bits per heavy atom. The van der Waals surface area contributed by atoms with Crippen LogP contribution in [-0.2, 0) is 10.0 Å². The molecule has 4 aromatic carbocycles. The predicted octanol–water partition coefficient (Wildman–Crippen LogP) is 6.59. The molecule has 0 heterocycles. The third-order valence-electron chi connectivity index (χ3n) is 5.30. The Morgan fingerprint density at radius 3 is 2.22 bits per heavy atom. The first-order valence-electron chi connectivity index (χ1n) is 10.7. The number of benzene rings is 4. The average molecular weight is 539 g/mol. The topological polar surface area (TPSA) is 92.3 Å². The monoisotopic (exact) mass is 538 g/mol. The number of sulfonamides is 1. The van der Waals surface area contributed by atoms with Crippen molar-refractivity contribution < 1.29 is 18.0 Å². The molecule has 0 aliphatic carbocycles. The molecule has 9 heteroatoms. The fourth-order valence-electron chi connectivity index (χ4n) is 3.45. The van der Waals surface area contributed by atoms with Gasteiger partial charge in [-0.15, -0.1) is 0 Å². The Kier molecular flexibility index (Phi) is 7.45. The molecule has 0 radical (unpaired) electrons. The number of ketones is 1. The van der Waals surface area contributed by atoms with Crippen LogP contribution in [-0.4, -0.2) is 20.1 Å². The molecule has 0 saturated heterocycles. The Hall–Kier alpha value is -3.65. The van der Waals surface area contributed by atoms with Crippen molar-refractivity contribution in [2.45, 2.75) is 11.8 Å². The van der Waals surface area contributed by atoms with Crippen molar-refractivity contribution in [2.24, 2.45) is 0 Å². The molecule has 0 unspecified atom stereocenters. The van der Waals surface area contributed by atoms with Crippen LogP contribution >= 0.6 is 23.2 Å². The van der Waals surface area contributed by atoms with E-state index in [2.05, 4.69) is 10.0 Å². The Labute approximate surface area is 218 Å². The van der Waals surface area contributed by atoms with Gasteiger partial charge in [-0.05, 0) is 67.6 Å². The number of hydrogen-bond donors (Lipinski definition) is 2. The molecule has 4 aromatic rings. The van der Waals surface area contributed by atoms with Gasteiger partial charge in [-0.3, -0.25) is 14.3 Å². The van der Waals surface area contributed by atoms with E-state index in [1.165, 1.54) is 42.5 Å². The molecule has 4 rings (SSSR count). The third-order valence-corrected chi connectivity index (χ3v) is 7.26. The quantitative estimate of drug-likeness (QED) is 0.259. The SMILES string of the molecule is Cc1ccc(S(=O)(=O)Nc2cccc(C(=O)Nc3ccc(Cl)cc3C(=O)c3ccccc3Cl)c2)cc1. The molecule has 2 N–H and O–H groups in total. The summed E-state index contributed by atoms with van der Waals surface area (Å²) in [6.45, 7) is 1.86. The van der Waals surface area contributed by atoms with E-state index in [1.807, 2.05) is 6.92 Å². The van der Waals surface area contributed by atoms with E-state index in [1.54, 1.807) is 48.5 Å². The molecule has 0 atom stereocenters. The maximum Gasteiger partial charge on any atom is 0.261 e. The van der Waals surface area contributed by atoms with Gasteiger partial charge in [0, 0.05) is 27.4 Å². The number of halogens is 2. The van der Waals surface area contributed by atoms with Crippen molar-refractivity contribution in [3.63, 3.8) is 0 Å². The van der Waals surface area contributed by atoms with Crippen LogP contribution in [0.4, 0.5) is 11.4 Å². The van der Waals surface area contributed by atoms with Gasteiger partial charge >= 0.3 is 0 Å². The minimum Gasteiger partial charge on any atom is -0.321 e. The summed E-state index contributed by atoms with van der Waals surface area (Å²) >= 11 is 12.3. The number of rotatable bonds is 7. The van der Waals surface area contributed by atoms with E-state index in [4.69, 9.17) is 23.2 Å². The van der Waals surface area contributed by atoms with Crippen LogP contribution in [0.3, 0.4) is 0 Å². The van der Waals surface area contributed by atoms with Gasteiger partial charge in [-0.25, -0.2) is 8.42 Å². The molecule has 6 nitrogen and oxygen atoms in total. The highest BCUT2D eigenvalue weighted by molar-refractivity contribution is 7.92. The van der Waals surface area contributed by atoms with Gasteiger partial charge in [0.15, 0.2) is 5.78 Å². The number of carbonyl (C=O) groups is 2. The lowest BCUT2D eigenvalue weighted by molar-refractivity contribution is 0.102. The summed E-state index contributed by atoms with van der Waals surface area (Å²) in [5.74, 6) is -0.945. The first-order valence-corrected chi connectivity index (χ1v) is 13.0. The molecule has 0 saturated carbocycles. The second kappa shape index (κ2) is 10.5. The second-order valence-corrected chi connectivity index (χ2v) is 10.5. The van der Waals surface area contributed by atoms with Crippen LogP contribution in [0.2, 0.25) is 10.0 Å². The van der Waals surface area contributed by atoms with E-state index in [9.17, 15) is 18.0 Å². The van der Waals surface area contributed by atoms with Crippen LogP contribution < -0.4 is 10.0 Å². The molecule has 182 valence electrons. The highest BCUT2D eigenvalue weighted by atomic mass is 35.5. The largest absolute Gasteiger partial charge is 0.321 e. The van der Waals surface area contributed by atoms with E-state index in [-0.39, 0.29) is 38.0 Å². The highest BCUT2D eigenvalue weighted by Crippen LogP contribution is 2.27. The molecular formula is C27H20Cl2N2O4S. The maximum atomic E-state index is 13.2. The van der Waals surface area contributed by atoms with Crippen molar-refractivity contribution in [3.8, 4) is 0 Å². The summed E-state index contributed by atoms with van der Waals surface area (Å²) in [4.78, 5) is 26.3. The molecule has 0 aromatic heterocycles. The van der Waals surface area contributed by atoms with Gasteiger partial charge in [-0.2, -0.15) is 0 Å². The number of nitrogens with one attached hydrogen (secondary N) is 2. The Morgan fingerprint density at radius 2 is 1.50 bits per heavy atom. The Bertz CT molecular complexity index is 1570. The van der Waals surface area contributed by atoms with Gasteiger partial charge < -0.3 is 5.32 Å². The summed E-state index contributed by atoms with van der Waals surface area (Å²) in [5, 5.41) is 3.30. The highest BCUT2D eigenvalue weighted by Gasteiger charge is 2.20. The van der Waals surface area contributed by atoms with Crippen LogP contribution in [0, 0.1) is 6.92 Å². The lowest BCUT2D eigenvalue weighted by atomic mass is 10.0. The molecular weight excluding hydrogens is 519 g/mol. The van der Waals surface area contributed by atoms with Gasteiger partial charge in [0.2, 0.25) is 0 Å².